The van der Waals surface area contributed by atoms with Crippen molar-refractivity contribution >= 4 is 15.9 Å². The zero-order chi connectivity index (χ0) is 9.42. The van der Waals surface area contributed by atoms with Gasteiger partial charge in [0, 0.05) is 10.5 Å². The summed E-state index contributed by atoms with van der Waals surface area (Å²) in [6.07, 6.45) is 3.37. The zero-order valence-electron chi connectivity index (χ0n) is 7.81. The van der Waals surface area contributed by atoms with Gasteiger partial charge in [0.05, 0.1) is 0 Å². The third-order valence-corrected chi connectivity index (χ3v) is 3.55. The van der Waals surface area contributed by atoms with Crippen LogP contribution in [0.3, 0.4) is 0 Å². The maximum atomic E-state index is 6.04. The average molecular weight is 240 g/mol. The number of aryl methyl sites for hydroxylation is 1. The number of hydrogen-bond acceptors (Lipinski definition) is 1. The second-order valence-electron chi connectivity index (χ2n) is 3.60. The van der Waals surface area contributed by atoms with Crippen LogP contribution in [-0.2, 0) is 12.8 Å². The van der Waals surface area contributed by atoms with Gasteiger partial charge in [-0.1, -0.05) is 28.9 Å². The van der Waals surface area contributed by atoms with Gasteiger partial charge in [-0.05, 0) is 42.0 Å². The predicted octanol–water partition coefficient (Wildman–Crippen LogP) is 2.96. The fourth-order valence-corrected chi connectivity index (χ4v) is 2.82. The Morgan fingerprint density at radius 2 is 2.31 bits per heavy atom. The lowest BCUT2D eigenvalue weighted by molar-refractivity contribution is 0.711. The van der Waals surface area contributed by atoms with E-state index in [0.717, 1.165) is 19.3 Å². The van der Waals surface area contributed by atoms with Crippen molar-refractivity contribution < 1.29 is 0 Å². The number of rotatable bonds is 1. The van der Waals surface area contributed by atoms with Crippen LogP contribution < -0.4 is 5.73 Å². The Kier molecular flexibility index (Phi) is 2.43. The lowest BCUT2D eigenvalue weighted by Gasteiger charge is -2.10. The Balaban J connectivity index is 2.59. The highest BCUT2D eigenvalue weighted by Crippen LogP contribution is 2.37. The third kappa shape index (κ3) is 1.42. The number of halogens is 1. The van der Waals surface area contributed by atoms with Gasteiger partial charge < -0.3 is 5.73 Å². The molecule has 0 aromatic heterocycles. The minimum Gasteiger partial charge on any atom is -0.324 e. The summed E-state index contributed by atoms with van der Waals surface area (Å²) in [5.74, 6) is 0. The predicted molar refractivity (Wildman–Crippen MR) is 58.8 cm³/mol. The van der Waals surface area contributed by atoms with Gasteiger partial charge in [0.15, 0.2) is 0 Å². The SMILES string of the molecule is CCc1ccc(Br)c2c1CC[C@H]2N. The molecule has 0 saturated carbocycles. The van der Waals surface area contributed by atoms with Crippen molar-refractivity contribution in [3.8, 4) is 0 Å². The van der Waals surface area contributed by atoms with Gasteiger partial charge in [-0.15, -0.1) is 0 Å². The zero-order valence-corrected chi connectivity index (χ0v) is 9.39. The summed E-state index contributed by atoms with van der Waals surface area (Å²) in [6.45, 7) is 2.20. The molecule has 13 heavy (non-hydrogen) atoms. The number of nitrogens with two attached hydrogens (primary N) is 1. The van der Waals surface area contributed by atoms with Gasteiger partial charge in [-0.2, -0.15) is 0 Å². The molecule has 0 radical (unpaired) electrons. The third-order valence-electron chi connectivity index (χ3n) is 2.86. The molecule has 2 heteroatoms. The lowest BCUT2D eigenvalue weighted by Crippen LogP contribution is -2.06. The molecule has 2 rings (SSSR count). The fraction of sp³-hybridized carbons (Fsp3) is 0.455. The first-order chi connectivity index (χ1) is 6.24. The lowest BCUT2D eigenvalue weighted by atomic mass is 10.0. The molecule has 1 aliphatic carbocycles. The molecule has 0 aliphatic heterocycles. The molecule has 0 amide bonds. The summed E-state index contributed by atoms with van der Waals surface area (Å²) in [6, 6.07) is 4.58. The molecule has 0 unspecified atom stereocenters. The van der Waals surface area contributed by atoms with Crippen molar-refractivity contribution in [1.82, 2.24) is 0 Å². The molecule has 1 aromatic carbocycles. The highest BCUT2D eigenvalue weighted by atomic mass is 79.9. The fourth-order valence-electron chi connectivity index (χ4n) is 2.15. The van der Waals surface area contributed by atoms with E-state index in [1.807, 2.05) is 0 Å². The van der Waals surface area contributed by atoms with Crippen molar-refractivity contribution in [2.24, 2.45) is 5.73 Å². The van der Waals surface area contributed by atoms with E-state index < -0.39 is 0 Å². The van der Waals surface area contributed by atoms with Crippen LogP contribution >= 0.6 is 15.9 Å². The molecule has 0 bridgehead atoms. The molecule has 1 aliphatic rings. The Hall–Kier alpha value is -0.340. The van der Waals surface area contributed by atoms with E-state index >= 15 is 0 Å². The Morgan fingerprint density at radius 1 is 1.54 bits per heavy atom. The van der Waals surface area contributed by atoms with E-state index in [1.54, 1.807) is 0 Å². The van der Waals surface area contributed by atoms with Crippen molar-refractivity contribution in [1.29, 1.82) is 0 Å². The molecule has 0 heterocycles. The van der Waals surface area contributed by atoms with Crippen LogP contribution in [0.2, 0.25) is 0 Å². The molecule has 0 saturated heterocycles. The van der Waals surface area contributed by atoms with E-state index in [9.17, 15) is 0 Å². The van der Waals surface area contributed by atoms with Crippen LogP contribution in [0, 0.1) is 0 Å². The topological polar surface area (TPSA) is 26.0 Å². The van der Waals surface area contributed by atoms with Crippen molar-refractivity contribution in [2.75, 3.05) is 0 Å². The van der Waals surface area contributed by atoms with Gasteiger partial charge in [-0.25, -0.2) is 0 Å². The van der Waals surface area contributed by atoms with Crippen LogP contribution in [-0.4, -0.2) is 0 Å². The first-order valence-corrected chi connectivity index (χ1v) is 5.59. The summed E-state index contributed by atoms with van der Waals surface area (Å²) in [4.78, 5) is 0. The van der Waals surface area contributed by atoms with Crippen LogP contribution in [0.25, 0.3) is 0 Å². The van der Waals surface area contributed by atoms with Crippen molar-refractivity contribution in [2.45, 2.75) is 32.2 Å². The summed E-state index contributed by atoms with van der Waals surface area (Å²) in [5, 5.41) is 0. The van der Waals surface area contributed by atoms with Gasteiger partial charge in [0.1, 0.15) is 0 Å². The number of fused-ring (bicyclic) bond motifs is 1. The number of hydrogen-bond donors (Lipinski definition) is 1. The summed E-state index contributed by atoms with van der Waals surface area (Å²) >= 11 is 3.57. The molecular weight excluding hydrogens is 226 g/mol. The molecule has 1 atom stereocenters. The van der Waals surface area contributed by atoms with Gasteiger partial charge in [0.25, 0.3) is 0 Å². The normalized spacial score (nSPS) is 20.4. The van der Waals surface area contributed by atoms with Gasteiger partial charge >= 0.3 is 0 Å². The molecule has 70 valence electrons. The minimum atomic E-state index is 0.246. The molecule has 2 N–H and O–H groups in total. The van der Waals surface area contributed by atoms with E-state index in [1.165, 1.54) is 21.2 Å². The maximum Gasteiger partial charge on any atom is 0.0312 e. The van der Waals surface area contributed by atoms with E-state index in [4.69, 9.17) is 5.73 Å². The van der Waals surface area contributed by atoms with E-state index in [0.29, 0.717) is 0 Å². The minimum absolute atomic E-state index is 0.246. The van der Waals surface area contributed by atoms with Gasteiger partial charge in [-0.3, -0.25) is 0 Å². The highest BCUT2D eigenvalue weighted by Gasteiger charge is 2.23. The second kappa shape index (κ2) is 3.43. The van der Waals surface area contributed by atoms with Crippen LogP contribution in [0.4, 0.5) is 0 Å². The van der Waals surface area contributed by atoms with Crippen LogP contribution in [0.1, 0.15) is 36.1 Å². The van der Waals surface area contributed by atoms with Crippen LogP contribution in [0.15, 0.2) is 16.6 Å². The monoisotopic (exact) mass is 239 g/mol. The Morgan fingerprint density at radius 3 is 3.00 bits per heavy atom. The maximum absolute atomic E-state index is 6.04. The summed E-state index contributed by atoms with van der Waals surface area (Å²) in [5.41, 5.74) is 10.3. The van der Waals surface area contributed by atoms with Crippen molar-refractivity contribution in [3.05, 3.63) is 33.3 Å². The molecule has 1 nitrogen and oxygen atoms in total. The summed E-state index contributed by atoms with van der Waals surface area (Å²) in [7, 11) is 0. The van der Waals surface area contributed by atoms with E-state index in [-0.39, 0.29) is 6.04 Å². The van der Waals surface area contributed by atoms with Crippen molar-refractivity contribution in [3.63, 3.8) is 0 Å². The average Bonchev–Trinajstić information content (AvgIpc) is 2.50. The largest absolute Gasteiger partial charge is 0.324 e. The Labute approximate surface area is 87.5 Å². The molecular formula is C11H14BrN. The smallest absolute Gasteiger partial charge is 0.0312 e. The Bertz CT molecular complexity index is 333. The van der Waals surface area contributed by atoms with Gasteiger partial charge in [0.2, 0.25) is 0 Å². The highest BCUT2D eigenvalue weighted by molar-refractivity contribution is 9.10. The number of benzene rings is 1. The standard InChI is InChI=1S/C11H14BrN/c1-2-7-3-5-9(12)11-8(7)4-6-10(11)13/h3,5,10H,2,4,6,13H2,1H3/t10-/m1/s1. The quantitative estimate of drug-likeness (QED) is 0.802. The first kappa shape index (κ1) is 9.22. The van der Waals surface area contributed by atoms with E-state index in [2.05, 4.69) is 35.0 Å². The molecule has 1 aromatic rings. The molecule has 0 spiro atoms. The van der Waals surface area contributed by atoms with Crippen LogP contribution in [0.5, 0.6) is 0 Å². The molecule has 0 fully saturated rings. The first-order valence-electron chi connectivity index (χ1n) is 4.79. The summed E-state index contributed by atoms with van der Waals surface area (Å²) < 4.78 is 1.18. The second-order valence-corrected chi connectivity index (χ2v) is 4.45.